The average molecular weight is 210 g/mol. The first kappa shape index (κ1) is 18.8. The van der Waals surface area contributed by atoms with E-state index in [1.807, 2.05) is 0 Å². The molecule has 0 spiro atoms. The van der Waals surface area contributed by atoms with Crippen molar-refractivity contribution in [2.75, 3.05) is 0 Å². The van der Waals surface area contributed by atoms with Crippen LogP contribution in [0.25, 0.3) is 0 Å². The van der Waals surface area contributed by atoms with E-state index in [4.69, 9.17) is 5.11 Å². The molecule has 0 fully saturated rings. The molecule has 0 saturated carbocycles. The van der Waals surface area contributed by atoms with Gasteiger partial charge in [-0.05, 0) is 6.07 Å². The molecule has 0 radical (unpaired) electrons. The van der Waals surface area contributed by atoms with Crippen LogP contribution in [-0.4, -0.2) is 16.7 Å². The summed E-state index contributed by atoms with van der Waals surface area (Å²) in [5.41, 5.74) is 0. The van der Waals surface area contributed by atoms with Crippen LogP contribution in [-0.2, 0) is 0 Å². The molecule has 0 bridgehead atoms. The van der Waals surface area contributed by atoms with Gasteiger partial charge in [-0.3, -0.25) is 0 Å². The number of carboxylic acid groups (broad SMARTS) is 1. The van der Waals surface area contributed by atoms with E-state index in [0.29, 0.717) is 0 Å². The van der Waals surface area contributed by atoms with E-state index in [1.54, 1.807) is 0 Å². The van der Waals surface area contributed by atoms with Gasteiger partial charge < -0.3 is 22.6 Å². The summed E-state index contributed by atoms with van der Waals surface area (Å²) in [5, 5.41) is 8.00. The second kappa shape index (κ2) is 10.2. The smallest absolute Gasteiger partial charge is 1.00 e. The minimum absolute atomic E-state index is 0. The molecule has 0 amide bonds. The van der Waals surface area contributed by atoms with Crippen LogP contribution in [0.5, 0.6) is 5.95 Å². The van der Waals surface area contributed by atoms with Gasteiger partial charge in [-0.1, -0.05) is 0 Å². The second-order valence-electron chi connectivity index (χ2n) is 1.30. The van der Waals surface area contributed by atoms with Gasteiger partial charge in [-0.2, -0.15) is 0 Å². The summed E-state index contributed by atoms with van der Waals surface area (Å²) in [6.45, 7) is 0. The summed E-state index contributed by atoms with van der Waals surface area (Å²) in [7, 11) is 0. The van der Waals surface area contributed by atoms with E-state index in [0.717, 1.165) is 0 Å². The first-order chi connectivity index (χ1) is 4.29. The van der Waals surface area contributed by atoms with E-state index in [9.17, 15) is 4.79 Å². The summed E-state index contributed by atoms with van der Waals surface area (Å²) >= 11 is 0. The van der Waals surface area contributed by atoms with Crippen LogP contribution in [0.1, 0.15) is 2.85 Å². The molecule has 12 heavy (non-hydrogen) atoms. The van der Waals surface area contributed by atoms with Gasteiger partial charge in [0.1, 0.15) is 0 Å². The first-order valence-electron chi connectivity index (χ1n) is 2.23. The molecule has 0 aromatic carbocycles. The van der Waals surface area contributed by atoms with Crippen molar-refractivity contribution < 1.29 is 108 Å². The molecule has 1 rings (SSSR count). The molecule has 1 aromatic heterocycles. The predicted molar refractivity (Wildman–Crippen MR) is 33.2 cm³/mol. The molecule has 7 heteroatoms. The fraction of sp³-hybridized carbons (Fsp3) is 0. The van der Waals surface area contributed by atoms with Crippen LogP contribution < -0.4 is 85.7 Å². The molecule has 3 N–H and O–H groups in total. The molecule has 60 valence electrons. The van der Waals surface area contributed by atoms with Gasteiger partial charge in [-0.25, -0.2) is 4.79 Å². The maximum absolute atomic E-state index is 9.78. The summed E-state index contributed by atoms with van der Waals surface area (Å²) in [6.07, 6.45) is -0.0388. The van der Waals surface area contributed by atoms with Crippen molar-refractivity contribution in [2.45, 2.75) is 0 Å². The van der Waals surface area contributed by atoms with Crippen molar-refractivity contribution in [3.8, 4) is 5.95 Å². The zero-order chi connectivity index (χ0) is 6.69. The minimum atomic E-state index is -1.37. The minimum Gasteiger partial charge on any atom is -1.00 e. The third kappa shape index (κ3) is 7.78. The fourth-order valence-corrected chi connectivity index (χ4v) is 0.408. The summed E-state index contributed by atoms with van der Waals surface area (Å²) < 4.78 is 8.65. The second-order valence-corrected chi connectivity index (χ2v) is 1.30. The summed E-state index contributed by atoms with van der Waals surface area (Å²) in [6, 6.07) is 2.95. The molecule has 5 nitrogen and oxygen atoms in total. The largest absolute Gasteiger partial charge is 1.00 e. The summed E-state index contributed by atoms with van der Waals surface area (Å²) in [5.74, 6) is -0.0116. The van der Waals surface area contributed by atoms with E-state index in [2.05, 4.69) is 9.15 Å². The predicted octanol–water partition coefficient (Wildman–Crippen LogP) is -5.26. The molecule has 1 heterocycles. The summed E-state index contributed by atoms with van der Waals surface area (Å²) in [4.78, 5) is 9.78. The van der Waals surface area contributed by atoms with E-state index < -0.39 is 6.16 Å². The van der Waals surface area contributed by atoms with Crippen LogP contribution in [0.2, 0.25) is 0 Å². The molecule has 0 atom stereocenters. The maximum Gasteiger partial charge on any atom is 1.00 e. The van der Waals surface area contributed by atoms with Gasteiger partial charge in [0, 0.05) is 6.07 Å². The van der Waals surface area contributed by atoms with Gasteiger partial charge in [0.25, 0.3) is 5.95 Å². The Kier molecular flexibility index (Phi) is 16.1. The van der Waals surface area contributed by atoms with E-state index in [1.165, 1.54) is 18.4 Å². The first-order valence-corrected chi connectivity index (χ1v) is 2.23. The van der Waals surface area contributed by atoms with Gasteiger partial charge >= 0.3 is 87.1 Å². The molecule has 0 aliphatic rings. The fourth-order valence-electron chi connectivity index (χ4n) is 0.408. The van der Waals surface area contributed by atoms with Crippen LogP contribution in [0.15, 0.2) is 22.8 Å². The SMILES string of the molecule is O.O=C(O)Oc1ccco1.[H-].[H-].[K+].[Na+]. The number of ether oxygens (including phenoxy) is 1. The van der Waals surface area contributed by atoms with Crippen molar-refractivity contribution in [3.63, 3.8) is 0 Å². The Morgan fingerprint density at radius 2 is 2.25 bits per heavy atom. The normalized spacial score (nSPS) is 6.67. The number of furan rings is 1. The molecule has 0 unspecified atom stereocenters. The Balaban J connectivity index is -0.0000000540. The Bertz CT molecular complexity index is 208. The number of hydrogen-bond acceptors (Lipinski definition) is 3. The molecular weight excluding hydrogens is 202 g/mol. The quantitative estimate of drug-likeness (QED) is 0.370. The van der Waals surface area contributed by atoms with Crippen molar-refractivity contribution in [2.24, 2.45) is 0 Å². The Morgan fingerprint density at radius 1 is 1.67 bits per heavy atom. The Labute approximate surface area is 136 Å². The van der Waals surface area contributed by atoms with Crippen LogP contribution >= 0.6 is 0 Å². The van der Waals surface area contributed by atoms with Crippen molar-refractivity contribution in [1.82, 2.24) is 0 Å². The maximum atomic E-state index is 9.78. The van der Waals surface area contributed by atoms with Gasteiger partial charge in [0.05, 0.1) is 6.26 Å². The average Bonchev–Trinajstić information content (AvgIpc) is 2.15. The molecule has 0 aliphatic heterocycles. The monoisotopic (exact) mass is 210 g/mol. The van der Waals surface area contributed by atoms with E-state index in [-0.39, 0.29) is 95.2 Å². The molecule has 0 aliphatic carbocycles. The topological polar surface area (TPSA) is 91.2 Å². The van der Waals surface area contributed by atoms with E-state index >= 15 is 0 Å². The third-order valence-electron chi connectivity index (χ3n) is 0.683. The van der Waals surface area contributed by atoms with Crippen LogP contribution in [0.3, 0.4) is 0 Å². The number of carbonyl (C=O) groups is 1. The zero-order valence-electron chi connectivity index (χ0n) is 8.90. The standard InChI is InChI=1S/C5H4O4.K.Na.H2O.2H/c6-5(7)9-4-2-1-3-8-4;;;;;/h1-3H,(H,6,7);;;1H2;;/q;2*+1;;2*-1. The van der Waals surface area contributed by atoms with Crippen LogP contribution in [0.4, 0.5) is 4.79 Å². The van der Waals surface area contributed by atoms with Gasteiger partial charge in [0.15, 0.2) is 0 Å². The van der Waals surface area contributed by atoms with Crippen LogP contribution in [0, 0.1) is 0 Å². The van der Waals surface area contributed by atoms with Gasteiger partial charge in [0.2, 0.25) is 0 Å². The molecule has 0 saturated heterocycles. The number of hydrogen-bond donors (Lipinski definition) is 1. The molecule has 1 aromatic rings. The Hall–Kier alpha value is 1.15. The van der Waals surface area contributed by atoms with Crippen molar-refractivity contribution >= 4 is 6.16 Å². The van der Waals surface area contributed by atoms with Crippen molar-refractivity contribution in [3.05, 3.63) is 18.4 Å². The molecular formula is C5H8KNaO5. The number of rotatable bonds is 1. The van der Waals surface area contributed by atoms with Gasteiger partial charge in [-0.15, -0.1) is 0 Å². The van der Waals surface area contributed by atoms with Crippen molar-refractivity contribution in [1.29, 1.82) is 0 Å². The Morgan fingerprint density at radius 3 is 2.58 bits per heavy atom. The zero-order valence-corrected chi connectivity index (χ0v) is 12.0. The third-order valence-corrected chi connectivity index (χ3v) is 0.683.